The number of aryl methyl sites for hydroxylation is 4. The number of hydrogen-bond acceptors (Lipinski definition) is 4. The lowest BCUT2D eigenvalue weighted by molar-refractivity contribution is 0.660. The summed E-state index contributed by atoms with van der Waals surface area (Å²) in [6, 6.07) is 70.6. The van der Waals surface area contributed by atoms with Crippen molar-refractivity contribution in [1.29, 1.82) is 10.5 Å². The Labute approximate surface area is 481 Å². The van der Waals surface area contributed by atoms with Crippen molar-refractivity contribution in [1.82, 2.24) is 9.13 Å². The third kappa shape index (κ3) is 6.40. The van der Waals surface area contributed by atoms with Gasteiger partial charge in [0.2, 0.25) is 0 Å². The molecule has 0 aliphatic heterocycles. The minimum atomic E-state index is 0.275. The molecule has 386 valence electrons. The van der Waals surface area contributed by atoms with Crippen LogP contribution in [0.4, 0.5) is 0 Å². The fourth-order valence-corrected chi connectivity index (χ4v) is 17.0. The molecule has 4 aromatic heterocycles. The smallest absolute Gasteiger partial charge is 0.102 e. The highest BCUT2D eigenvalue weighted by atomic mass is 32.1. The number of nitrogens with zero attached hydrogens (tertiary/aromatic N) is 4. The molecule has 0 amide bonds. The standard InChI is InChI=1S/C76H50N4S2/c1-40-31-61-54-26-28-56-52-18-10-12-20-67(52)81-75(56)73(54)79(65(61)33-42(40)3)71-63(38-77)69(48-25-24-46-23-22-45-14-6-8-16-50(45)59(46)35-48)64(39-78)72(70(71)49-36-58-44(5)30-47-15-7-9-17-51(47)60(58)37-49)80-66-34-43(4)41(2)32-62(66)55-27-29-57-53-19-11-13-21-68(53)82-76(57)74(55)80/h6-29,31-35,37,44H,30,36H2,1-5H3/t44-/m1/s1. The molecule has 2 aliphatic rings. The first-order valence-electron chi connectivity index (χ1n) is 28.4. The van der Waals surface area contributed by atoms with Gasteiger partial charge in [-0.15, -0.1) is 22.7 Å². The van der Waals surface area contributed by atoms with Gasteiger partial charge in [-0.3, -0.25) is 0 Å². The van der Waals surface area contributed by atoms with Crippen LogP contribution in [0, 0.1) is 56.3 Å². The van der Waals surface area contributed by atoms with Crippen molar-refractivity contribution in [3.05, 3.63) is 238 Å². The first kappa shape index (κ1) is 47.3. The van der Waals surface area contributed by atoms with E-state index in [1.54, 1.807) is 0 Å². The van der Waals surface area contributed by atoms with E-state index in [9.17, 15) is 10.5 Å². The van der Waals surface area contributed by atoms with Crippen LogP contribution in [-0.2, 0) is 6.42 Å². The second-order valence-electron chi connectivity index (χ2n) is 23.1. The number of fused-ring (bicyclic) bond motifs is 19. The zero-order chi connectivity index (χ0) is 55.0. The van der Waals surface area contributed by atoms with Crippen molar-refractivity contribution < 1.29 is 0 Å². The molecule has 0 spiro atoms. The van der Waals surface area contributed by atoms with Gasteiger partial charge in [-0.2, -0.15) is 10.5 Å². The summed E-state index contributed by atoms with van der Waals surface area (Å²) in [5.41, 5.74) is 20.2. The third-order valence-electron chi connectivity index (χ3n) is 18.7. The van der Waals surface area contributed by atoms with E-state index < -0.39 is 0 Å². The van der Waals surface area contributed by atoms with Crippen LogP contribution in [0.5, 0.6) is 0 Å². The number of rotatable bonds is 4. The molecule has 0 unspecified atom stereocenters. The van der Waals surface area contributed by atoms with Crippen molar-refractivity contribution in [3.63, 3.8) is 0 Å². The highest BCUT2D eigenvalue weighted by molar-refractivity contribution is 7.27. The molecule has 17 rings (SSSR count). The second kappa shape index (κ2) is 17.2. The Kier molecular flexibility index (Phi) is 9.93. The third-order valence-corrected chi connectivity index (χ3v) is 21.1. The zero-order valence-electron chi connectivity index (χ0n) is 45.9. The van der Waals surface area contributed by atoms with E-state index in [0.29, 0.717) is 23.1 Å². The number of aromatic nitrogens is 2. The number of thiophene rings is 2. The molecule has 82 heavy (non-hydrogen) atoms. The molecule has 4 heterocycles. The van der Waals surface area contributed by atoms with Gasteiger partial charge >= 0.3 is 0 Å². The maximum Gasteiger partial charge on any atom is 0.102 e. The molecular weight excluding hydrogens is 1030 g/mol. The number of hydrogen-bond donors (Lipinski definition) is 0. The van der Waals surface area contributed by atoms with Crippen LogP contribution in [0.25, 0.3) is 139 Å². The molecule has 4 nitrogen and oxygen atoms in total. The molecule has 0 N–H and O–H groups in total. The molecule has 6 heteroatoms. The van der Waals surface area contributed by atoms with Gasteiger partial charge in [0.25, 0.3) is 0 Å². The summed E-state index contributed by atoms with van der Waals surface area (Å²) in [6.45, 7) is 11.2. The van der Waals surface area contributed by atoms with Crippen LogP contribution in [0.15, 0.2) is 188 Å². The van der Waals surface area contributed by atoms with Crippen molar-refractivity contribution in [2.24, 2.45) is 5.92 Å². The van der Waals surface area contributed by atoms with E-state index in [2.05, 4.69) is 238 Å². The molecule has 15 aromatic rings. The lowest BCUT2D eigenvalue weighted by atomic mass is 9.80. The molecule has 0 radical (unpaired) electrons. The normalized spacial score (nSPS) is 14.4. The lowest BCUT2D eigenvalue weighted by Gasteiger charge is -2.27. The van der Waals surface area contributed by atoms with E-state index in [-0.39, 0.29) is 5.92 Å². The van der Waals surface area contributed by atoms with Crippen LogP contribution < -0.4 is 0 Å². The van der Waals surface area contributed by atoms with Crippen LogP contribution >= 0.6 is 22.7 Å². The second-order valence-corrected chi connectivity index (χ2v) is 25.2. The molecule has 0 saturated carbocycles. The van der Waals surface area contributed by atoms with Gasteiger partial charge in [-0.25, -0.2) is 0 Å². The Hall–Kier alpha value is -9.56. The van der Waals surface area contributed by atoms with Crippen LogP contribution in [0.3, 0.4) is 0 Å². The van der Waals surface area contributed by atoms with Gasteiger partial charge in [0.15, 0.2) is 0 Å². The summed E-state index contributed by atoms with van der Waals surface area (Å²) in [6.07, 6.45) is 4.07. The van der Waals surface area contributed by atoms with E-state index in [1.807, 2.05) is 22.7 Å². The Morgan fingerprint density at radius 1 is 0.463 bits per heavy atom. The summed E-state index contributed by atoms with van der Waals surface area (Å²) in [5, 5.41) is 39.2. The summed E-state index contributed by atoms with van der Waals surface area (Å²) in [7, 11) is 0. The predicted octanol–water partition coefficient (Wildman–Crippen LogP) is 21.0. The SMILES string of the molecule is Cc1cc2c3ccc4c5ccccc5sc4c3n(-c3c(C#N)c(-c4ccc5ccc6ccccc6c5c4)c(C#N)c(-n4c5cc(C)c(C)cc5c5ccc6c7ccccc7sc6c54)c3C3=CC4=C(C3)[C@H](C)Cc3ccccc34)c2cc1C. The van der Waals surface area contributed by atoms with Gasteiger partial charge in [0.05, 0.1) is 54.0 Å². The van der Waals surface area contributed by atoms with Gasteiger partial charge in [-0.05, 0) is 161 Å². The Bertz CT molecular complexity index is 5380. The molecule has 0 fully saturated rings. The van der Waals surface area contributed by atoms with Crippen molar-refractivity contribution in [2.45, 2.75) is 47.5 Å². The Morgan fingerprint density at radius 3 is 1.56 bits per heavy atom. The molecular formula is C76H50N4S2. The highest BCUT2D eigenvalue weighted by Crippen LogP contribution is 2.55. The Balaban J connectivity index is 1.16. The molecule has 1 atom stereocenters. The zero-order valence-corrected chi connectivity index (χ0v) is 47.6. The van der Waals surface area contributed by atoms with Crippen LogP contribution in [-0.4, -0.2) is 9.13 Å². The first-order valence-corrected chi connectivity index (χ1v) is 30.0. The van der Waals surface area contributed by atoms with Crippen LogP contribution in [0.1, 0.15) is 63.4 Å². The van der Waals surface area contributed by atoms with Crippen molar-refractivity contribution in [2.75, 3.05) is 0 Å². The average molecular weight is 1080 g/mol. The summed E-state index contributed by atoms with van der Waals surface area (Å²) < 4.78 is 9.74. The summed E-state index contributed by atoms with van der Waals surface area (Å²) in [5.74, 6) is 0.275. The largest absolute Gasteiger partial charge is 0.306 e. The van der Waals surface area contributed by atoms with Gasteiger partial charge < -0.3 is 9.13 Å². The summed E-state index contributed by atoms with van der Waals surface area (Å²) >= 11 is 3.65. The van der Waals surface area contributed by atoms with E-state index in [1.165, 1.54) is 84.9 Å². The fraction of sp³-hybridized carbons (Fsp3) is 0.105. The lowest BCUT2D eigenvalue weighted by Crippen LogP contribution is -2.14. The minimum absolute atomic E-state index is 0.275. The minimum Gasteiger partial charge on any atom is -0.306 e. The molecule has 0 bridgehead atoms. The van der Waals surface area contributed by atoms with E-state index >= 15 is 0 Å². The first-order chi connectivity index (χ1) is 40.1. The van der Waals surface area contributed by atoms with Gasteiger partial charge in [0.1, 0.15) is 12.1 Å². The van der Waals surface area contributed by atoms with E-state index in [0.717, 1.165) is 99.7 Å². The summed E-state index contributed by atoms with van der Waals surface area (Å²) in [4.78, 5) is 0. The van der Waals surface area contributed by atoms with Crippen molar-refractivity contribution in [3.8, 4) is 34.6 Å². The number of nitriles is 2. The van der Waals surface area contributed by atoms with Gasteiger partial charge in [-0.1, -0.05) is 152 Å². The maximum absolute atomic E-state index is 12.7. The van der Waals surface area contributed by atoms with Gasteiger partial charge in [0, 0.05) is 63.6 Å². The molecule has 11 aromatic carbocycles. The fourth-order valence-electron chi connectivity index (χ4n) is 14.6. The van der Waals surface area contributed by atoms with E-state index in [4.69, 9.17) is 0 Å². The van der Waals surface area contributed by atoms with Crippen molar-refractivity contribution >= 4 is 139 Å². The number of benzene rings is 11. The highest BCUT2D eigenvalue weighted by Gasteiger charge is 2.37. The number of allylic oxidation sites excluding steroid dienone is 4. The Morgan fingerprint density at radius 2 is 0.963 bits per heavy atom. The van der Waals surface area contributed by atoms with Crippen LogP contribution in [0.2, 0.25) is 0 Å². The monoisotopic (exact) mass is 1080 g/mol. The molecule has 0 saturated heterocycles. The predicted molar refractivity (Wildman–Crippen MR) is 349 cm³/mol. The molecule has 2 aliphatic carbocycles. The quantitative estimate of drug-likeness (QED) is 0.165. The maximum atomic E-state index is 12.7. The topological polar surface area (TPSA) is 57.4 Å². The average Bonchev–Trinajstić information content (AvgIpc) is 1.91.